The number of halogens is 1. The number of aryl methyl sites for hydroxylation is 1. The molecule has 0 saturated carbocycles. The minimum atomic E-state index is 0.825. The molecule has 1 aromatic carbocycles. The minimum Gasteiger partial charge on any atom is -0.349 e. The van der Waals surface area contributed by atoms with Crippen LogP contribution in [0.1, 0.15) is 5.56 Å². The lowest BCUT2D eigenvalue weighted by Crippen LogP contribution is -2.09. The zero-order valence-electron chi connectivity index (χ0n) is 9.05. The molecule has 0 amide bonds. The molecule has 0 unspecified atom stereocenters. The smallest absolute Gasteiger partial charge is 0.0669 e. The summed E-state index contributed by atoms with van der Waals surface area (Å²) in [4.78, 5) is 0. The quantitative estimate of drug-likeness (QED) is 0.845. The van der Waals surface area contributed by atoms with E-state index in [0.717, 1.165) is 23.5 Å². The molecule has 2 aromatic rings. The summed E-state index contributed by atoms with van der Waals surface area (Å²) in [6, 6.07) is 6.07. The molecule has 80 valence electrons. The second-order valence-corrected chi connectivity index (χ2v) is 4.16. The Morgan fingerprint density at radius 2 is 2.20 bits per heavy atom. The van der Waals surface area contributed by atoms with E-state index in [-0.39, 0.29) is 0 Å². The summed E-state index contributed by atoms with van der Waals surface area (Å²) in [6.45, 7) is 0.992. The standard InChI is InChI=1S/C12H15ClN2/c1-14-7-6-9-8-15(2)12-10(9)4-3-5-11(12)13/h3-5,8,14H,6-7H2,1-2H3. The summed E-state index contributed by atoms with van der Waals surface area (Å²) in [5.41, 5.74) is 2.48. The van der Waals surface area contributed by atoms with Gasteiger partial charge in [-0.2, -0.15) is 0 Å². The van der Waals surface area contributed by atoms with Gasteiger partial charge in [0.15, 0.2) is 0 Å². The first kappa shape index (κ1) is 10.5. The van der Waals surface area contributed by atoms with Crippen molar-refractivity contribution in [2.75, 3.05) is 13.6 Å². The van der Waals surface area contributed by atoms with E-state index >= 15 is 0 Å². The molecule has 1 N–H and O–H groups in total. The molecule has 0 aliphatic heterocycles. The van der Waals surface area contributed by atoms with E-state index < -0.39 is 0 Å². The zero-order chi connectivity index (χ0) is 10.8. The van der Waals surface area contributed by atoms with E-state index in [4.69, 9.17) is 11.6 Å². The highest BCUT2D eigenvalue weighted by Crippen LogP contribution is 2.27. The van der Waals surface area contributed by atoms with Crippen molar-refractivity contribution in [2.24, 2.45) is 7.05 Å². The molecule has 0 fully saturated rings. The van der Waals surface area contributed by atoms with Crippen LogP contribution in [0.3, 0.4) is 0 Å². The number of likely N-dealkylation sites (N-methyl/N-ethyl adjacent to an activating group) is 1. The molecular weight excluding hydrogens is 208 g/mol. The number of nitrogens with zero attached hydrogens (tertiary/aromatic N) is 1. The van der Waals surface area contributed by atoms with Gasteiger partial charge in [0.1, 0.15) is 0 Å². The lowest BCUT2D eigenvalue weighted by atomic mass is 10.1. The van der Waals surface area contributed by atoms with E-state index in [1.165, 1.54) is 10.9 Å². The summed E-state index contributed by atoms with van der Waals surface area (Å²) in [7, 11) is 4.01. The predicted octanol–water partition coefficient (Wildman–Crippen LogP) is 2.59. The van der Waals surface area contributed by atoms with Crippen molar-refractivity contribution in [1.82, 2.24) is 9.88 Å². The van der Waals surface area contributed by atoms with E-state index in [2.05, 4.69) is 22.1 Å². The Balaban J connectivity index is 2.53. The maximum absolute atomic E-state index is 6.17. The molecular formula is C12H15ClN2. The maximum Gasteiger partial charge on any atom is 0.0669 e. The van der Waals surface area contributed by atoms with Crippen molar-refractivity contribution in [2.45, 2.75) is 6.42 Å². The van der Waals surface area contributed by atoms with Crippen molar-refractivity contribution in [1.29, 1.82) is 0 Å². The van der Waals surface area contributed by atoms with Crippen LogP contribution in [-0.2, 0) is 13.5 Å². The number of fused-ring (bicyclic) bond motifs is 1. The van der Waals surface area contributed by atoms with Crippen LogP contribution in [0.25, 0.3) is 10.9 Å². The fourth-order valence-electron chi connectivity index (χ4n) is 1.96. The summed E-state index contributed by atoms with van der Waals surface area (Å²) in [6.07, 6.45) is 3.20. The average Bonchev–Trinajstić information content (AvgIpc) is 2.54. The molecule has 0 radical (unpaired) electrons. The van der Waals surface area contributed by atoms with Gasteiger partial charge in [-0.15, -0.1) is 0 Å². The number of nitrogens with one attached hydrogen (secondary N) is 1. The Morgan fingerprint density at radius 3 is 2.93 bits per heavy atom. The number of para-hydroxylation sites is 1. The number of hydrogen-bond donors (Lipinski definition) is 1. The number of benzene rings is 1. The second-order valence-electron chi connectivity index (χ2n) is 3.75. The third-order valence-corrected chi connectivity index (χ3v) is 2.98. The van der Waals surface area contributed by atoms with E-state index in [0.29, 0.717) is 0 Å². The van der Waals surface area contributed by atoms with E-state index in [1.54, 1.807) is 0 Å². The molecule has 0 saturated heterocycles. The van der Waals surface area contributed by atoms with Crippen LogP contribution in [0.2, 0.25) is 5.02 Å². The zero-order valence-corrected chi connectivity index (χ0v) is 9.80. The molecule has 0 atom stereocenters. The first-order valence-electron chi connectivity index (χ1n) is 5.11. The third-order valence-electron chi connectivity index (χ3n) is 2.68. The molecule has 1 heterocycles. The average molecular weight is 223 g/mol. The number of aromatic nitrogens is 1. The predicted molar refractivity (Wildman–Crippen MR) is 65.6 cm³/mol. The van der Waals surface area contributed by atoms with E-state index in [1.807, 2.05) is 26.2 Å². The molecule has 15 heavy (non-hydrogen) atoms. The largest absolute Gasteiger partial charge is 0.349 e. The molecule has 2 nitrogen and oxygen atoms in total. The summed E-state index contributed by atoms with van der Waals surface area (Å²) < 4.78 is 2.10. The Hall–Kier alpha value is -0.990. The SMILES string of the molecule is CNCCc1cn(C)c2c(Cl)cccc12. The van der Waals surface area contributed by atoms with Gasteiger partial charge in [0.25, 0.3) is 0 Å². The van der Waals surface area contributed by atoms with Gasteiger partial charge in [0.05, 0.1) is 10.5 Å². The van der Waals surface area contributed by atoms with Gasteiger partial charge in [-0.25, -0.2) is 0 Å². The van der Waals surface area contributed by atoms with Gasteiger partial charge in [-0.3, -0.25) is 0 Å². The van der Waals surface area contributed by atoms with Gasteiger partial charge in [0, 0.05) is 18.6 Å². The monoisotopic (exact) mass is 222 g/mol. The van der Waals surface area contributed by atoms with Crippen molar-refractivity contribution in [3.63, 3.8) is 0 Å². The van der Waals surface area contributed by atoms with Crippen LogP contribution in [0.4, 0.5) is 0 Å². The Bertz CT molecular complexity index is 474. The summed E-state index contributed by atoms with van der Waals surface area (Å²) in [5.74, 6) is 0. The highest BCUT2D eigenvalue weighted by Gasteiger charge is 2.08. The molecule has 0 spiro atoms. The lowest BCUT2D eigenvalue weighted by molar-refractivity contribution is 0.791. The van der Waals surface area contributed by atoms with Crippen molar-refractivity contribution in [3.05, 3.63) is 35.0 Å². The van der Waals surface area contributed by atoms with Crippen molar-refractivity contribution >= 4 is 22.5 Å². The molecule has 0 aliphatic carbocycles. The first-order valence-corrected chi connectivity index (χ1v) is 5.49. The minimum absolute atomic E-state index is 0.825. The van der Waals surface area contributed by atoms with Gasteiger partial charge in [0.2, 0.25) is 0 Å². The van der Waals surface area contributed by atoms with Crippen molar-refractivity contribution < 1.29 is 0 Å². The number of hydrogen-bond acceptors (Lipinski definition) is 1. The van der Waals surface area contributed by atoms with Gasteiger partial charge in [-0.05, 0) is 31.6 Å². The highest BCUT2D eigenvalue weighted by atomic mass is 35.5. The van der Waals surface area contributed by atoms with E-state index in [9.17, 15) is 0 Å². The Labute approximate surface area is 94.8 Å². The topological polar surface area (TPSA) is 17.0 Å². The molecule has 0 aliphatic rings. The first-order chi connectivity index (χ1) is 7.24. The van der Waals surface area contributed by atoms with Crippen LogP contribution >= 0.6 is 11.6 Å². The molecule has 2 rings (SSSR count). The lowest BCUT2D eigenvalue weighted by Gasteiger charge is -1.99. The Morgan fingerprint density at radius 1 is 1.40 bits per heavy atom. The van der Waals surface area contributed by atoms with Gasteiger partial charge >= 0.3 is 0 Å². The molecule has 3 heteroatoms. The second kappa shape index (κ2) is 4.25. The molecule has 1 aromatic heterocycles. The summed E-state index contributed by atoms with van der Waals surface area (Å²) in [5, 5.41) is 5.25. The normalized spacial score (nSPS) is 11.1. The van der Waals surface area contributed by atoms with Crippen LogP contribution in [0.15, 0.2) is 24.4 Å². The van der Waals surface area contributed by atoms with Gasteiger partial charge in [-0.1, -0.05) is 23.7 Å². The summed E-state index contributed by atoms with van der Waals surface area (Å²) >= 11 is 6.17. The van der Waals surface area contributed by atoms with Crippen LogP contribution in [-0.4, -0.2) is 18.2 Å². The maximum atomic E-state index is 6.17. The van der Waals surface area contributed by atoms with Crippen molar-refractivity contribution in [3.8, 4) is 0 Å². The van der Waals surface area contributed by atoms with Crippen LogP contribution < -0.4 is 5.32 Å². The molecule has 0 bridgehead atoms. The number of rotatable bonds is 3. The fraction of sp³-hybridized carbons (Fsp3) is 0.333. The third kappa shape index (κ3) is 1.87. The highest BCUT2D eigenvalue weighted by molar-refractivity contribution is 6.35. The Kier molecular flexibility index (Phi) is 2.98. The van der Waals surface area contributed by atoms with Crippen LogP contribution in [0.5, 0.6) is 0 Å². The fourth-order valence-corrected chi connectivity index (χ4v) is 2.27. The van der Waals surface area contributed by atoms with Crippen LogP contribution in [0, 0.1) is 0 Å². The van der Waals surface area contributed by atoms with Gasteiger partial charge < -0.3 is 9.88 Å².